The van der Waals surface area contributed by atoms with E-state index in [9.17, 15) is 4.79 Å². The van der Waals surface area contributed by atoms with E-state index in [0.717, 1.165) is 6.08 Å². The van der Waals surface area contributed by atoms with Crippen LogP contribution < -0.4 is 4.74 Å². The van der Waals surface area contributed by atoms with Crippen molar-refractivity contribution in [3.8, 4) is 11.5 Å². The third-order valence-corrected chi connectivity index (χ3v) is 3.35. The first-order valence-corrected chi connectivity index (χ1v) is 6.93. The third-order valence-electron chi connectivity index (χ3n) is 2.51. The zero-order valence-corrected chi connectivity index (χ0v) is 12.8. The second-order valence-electron chi connectivity index (χ2n) is 4.01. The molecule has 21 heavy (non-hydrogen) atoms. The first kappa shape index (κ1) is 15.7. The molecule has 0 unspecified atom stereocenters. The van der Waals surface area contributed by atoms with E-state index in [2.05, 4.69) is 0 Å². The standard InChI is InChI=1S/C15H9Cl3O3/c16-10-5-6-11(17)13(8-10)21-15-9(4-7-14(19)20)2-1-3-12(15)18/h1-8H,(H,19,20)/b7-4+. The maximum absolute atomic E-state index is 10.6. The summed E-state index contributed by atoms with van der Waals surface area (Å²) in [6.45, 7) is 0. The predicted octanol–water partition coefficient (Wildman–Crippen LogP) is 5.54. The van der Waals surface area contributed by atoms with Crippen LogP contribution in [0.5, 0.6) is 11.5 Å². The van der Waals surface area contributed by atoms with Gasteiger partial charge in [0.2, 0.25) is 0 Å². The Kier molecular flexibility index (Phi) is 5.12. The molecule has 0 aliphatic heterocycles. The molecule has 0 heterocycles. The van der Waals surface area contributed by atoms with Gasteiger partial charge in [0.15, 0.2) is 5.75 Å². The van der Waals surface area contributed by atoms with Crippen molar-refractivity contribution in [1.29, 1.82) is 0 Å². The summed E-state index contributed by atoms with van der Waals surface area (Å²) in [7, 11) is 0. The number of halogens is 3. The first-order valence-electron chi connectivity index (χ1n) is 5.80. The number of benzene rings is 2. The summed E-state index contributed by atoms with van der Waals surface area (Å²) in [6, 6.07) is 9.79. The van der Waals surface area contributed by atoms with Crippen LogP contribution in [-0.2, 0) is 4.79 Å². The van der Waals surface area contributed by atoms with Gasteiger partial charge in [0.1, 0.15) is 5.75 Å². The van der Waals surface area contributed by atoms with Gasteiger partial charge in [0.25, 0.3) is 0 Å². The lowest BCUT2D eigenvalue weighted by Crippen LogP contribution is -1.91. The molecular weight excluding hydrogens is 335 g/mol. The number of carboxylic acid groups (broad SMARTS) is 1. The molecule has 108 valence electrons. The lowest BCUT2D eigenvalue weighted by Gasteiger charge is -2.12. The highest BCUT2D eigenvalue weighted by Crippen LogP contribution is 2.37. The molecular formula is C15H9Cl3O3. The molecule has 0 bridgehead atoms. The first-order chi connectivity index (χ1) is 9.97. The highest BCUT2D eigenvalue weighted by molar-refractivity contribution is 6.34. The molecule has 0 aromatic heterocycles. The number of rotatable bonds is 4. The van der Waals surface area contributed by atoms with Crippen molar-refractivity contribution in [1.82, 2.24) is 0 Å². The molecule has 0 radical (unpaired) electrons. The minimum absolute atomic E-state index is 0.306. The van der Waals surface area contributed by atoms with Crippen molar-refractivity contribution < 1.29 is 14.6 Å². The number of carbonyl (C=O) groups is 1. The molecule has 3 nitrogen and oxygen atoms in total. The number of para-hydroxylation sites is 1. The van der Waals surface area contributed by atoms with Gasteiger partial charge in [-0.05, 0) is 24.3 Å². The summed E-state index contributed by atoms with van der Waals surface area (Å²) in [6.07, 6.45) is 2.39. The van der Waals surface area contributed by atoms with Crippen molar-refractivity contribution in [2.45, 2.75) is 0 Å². The van der Waals surface area contributed by atoms with Gasteiger partial charge in [-0.25, -0.2) is 4.79 Å². The fourth-order valence-electron chi connectivity index (χ4n) is 1.59. The van der Waals surface area contributed by atoms with Crippen LogP contribution in [-0.4, -0.2) is 11.1 Å². The van der Waals surface area contributed by atoms with Gasteiger partial charge in [-0.15, -0.1) is 0 Å². The fourth-order valence-corrected chi connectivity index (χ4v) is 2.13. The predicted molar refractivity (Wildman–Crippen MR) is 84.7 cm³/mol. The van der Waals surface area contributed by atoms with Crippen molar-refractivity contribution in [3.05, 3.63) is 63.1 Å². The molecule has 0 aliphatic carbocycles. The van der Waals surface area contributed by atoms with Gasteiger partial charge in [-0.1, -0.05) is 46.9 Å². The second-order valence-corrected chi connectivity index (χ2v) is 5.26. The lowest BCUT2D eigenvalue weighted by atomic mass is 10.2. The third kappa shape index (κ3) is 4.14. The van der Waals surface area contributed by atoms with Crippen molar-refractivity contribution in [2.24, 2.45) is 0 Å². The number of hydrogen-bond donors (Lipinski definition) is 1. The van der Waals surface area contributed by atoms with E-state index in [1.54, 1.807) is 36.4 Å². The summed E-state index contributed by atoms with van der Waals surface area (Å²) >= 11 is 18.0. The van der Waals surface area contributed by atoms with Crippen molar-refractivity contribution in [2.75, 3.05) is 0 Å². The number of hydrogen-bond acceptors (Lipinski definition) is 2. The number of aliphatic carboxylic acids is 1. The Bertz CT molecular complexity index is 711. The SMILES string of the molecule is O=C(O)/C=C/c1cccc(Cl)c1Oc1cc(Cl)ccc1Cl. The van der Waals surface area contributed by atoms with Crippen LogP contribution >= 0.6 is 34.8 Å². The molecule has 0 fully saturated rings. The van der Waals surface area contributed by atoms with Crippen LogP contribution in [0.1, 0.15) is 5.56 Å². The maximum Gasteiger partial charge on any atom is 0.328 e. The molecule has 6 heteroatoms. The molecule has 1 N–H and O–H groups in total. The Balaban J connectivity index is 2.43. The van der Waals surface area contributed by atoms with E-state index < -0.39 is 5.97 Å². The van der Waals surface area contributed by atoms with E-state index in [-0.39, 0.29) is 0 Å². The van der Waals surface area contributed by atoms with E-state index in [4.69, 9.17) is 44.6 Å². The van der Waals surface area contributed by atoms with E-state index in [1.807, 2.05) is 0 Å². The van der Waals surface area contributed by atoms with Crippen LogP contribution in [0, 0.1) is 0 Å². The Morgan fingerprint density at radius 1 is 1.10 bits per heavy atom. The summed E-state index contributed by atoms with van der Waals surface area (Å²) in [5, 5.41) is 9.87. The Morgan fingerprint density at radius 2 is 1.86 bits per heavy atom. The average molecular weight is 344 g/mol. The van der Waals surface area contributed by atoms with Crippen molar-refractivity contribution in [3.63, 3.8) is 0 Å². The monoisotopic (exact) mass is 342 g/mol. The molecule has 0 saturated heterocycles. The summed E-state index contributed by atoms with van der Waals surface area (Å²) in [5.74, 6) is -0.426. The fraction of sp³-hybridized carbons (Fsp3) is 0. The zero-order valence-electron chi connectivity index (χ0n) is 10.5. The molecule has 0 atom stereocenters. The molecule has 0 spiro atoms. The number of carboxylic acids is 1. The smallest absolute Gasteiger partial charge is 0.328 e. The number of ether oxygens (including phenoxy) is 1. The van der Waals surface area contributed by atoms with Gasteiger partial charge in [0.05, 0.1) is 10.0 Å². The lowest BCUT2D eigenvalue weighted by molar-refractivity contribution is -0.131. The normalized spacial score (nSPS) is 10.8. The molecule has 2 aromatic carbocycles. The molecule has 0 amide bonds. The molecule has 2 aromatic rings. The van der Waals surface area contributed by atoms with Crippen LogP contribution in [0.4, 0.5) is 0 Å². The topological polar surface area (TPSA) is 46.5 Å². The molecule has 0 aliphatic rings. The summed E-state index contributed by atoms with van der Waals surface area (Å²) < 4.78 is 5.69. The van der Waals surface area contributed by atoms with Gasteiger partial charge in [-0.2, -0.15) is 0 Å². The van der Waals surface area contributed by atoms with Crippen LogP contribution in [0.15, 0.2) is 42.5 Å². The van der Waals surface area contributed by atoms with E-state index in [1.165, 1.54) is 6.08 Å². The minimum Gasteiger partial charge on any atom is -0.478 e. The van der Waals surface area contributed by atoms with Gasteiger partial charge >= 0.3 is 5.97 Å². The summed E-state index contributed by atoms with van der Waals surface area (Å²) in [4.78, 5) is 10.6. The summed E-state index contributed by atoms with van der Waals surface area (Å²) in [5.41, 5.74) is 0.515. The second kappa shape index (κ2) is 6.85. The largest absolute Gasteiger partial charge is 0.478 e. The quantitative estimate of drug-likeness (QED) is 0.742. The Labute approximate surface area is 136 Å². The maximum atomic E-state index is 10.6. The van der Waals surface area contributed by atoms with Gasteiger partial charge in [0, 0.05) is 22.7 Å². The molecule has 2 rings (SSSR count). The van der Waals surface area contributed by atoms with Crippen LogP contribution in [0.3, 0.4) is 0 Å². The highest BCUT2D eigenvalue weighted by atomic mass is 35.5. The minimum atomic E-state index is -1.07. The van der Waals surface area contributed by atoms with E-state index in [0.29, 0.717) is 32.1 Å². The molecule has 0 saturated carbocycles. The van der Waals surface area contributed by atoms with E-state index >= 15 is 0 Å². The Morgan fingerprint density at radius 3 is 2.57 bits per heavy atom. The van der Waals surface area contributed by atoms with Crippen LogP contribution in [0.2, 0.25) is 15.1 Å². The average Bonchev–Trinajstić information content (AvgIpc) is 2.43. The zero-order chi connectivity index (χ0) is 15.4. The van der Waals surface area contributed by atoms with Gasteiger partial charge in [-0.3, -0.25) is 0 Å². The highest BCUT2D eigenvalue weighted by Gasteiger charge is 2.11. The van der Waals surface area contributed by atoms with Gasteiger partial charge < -0.3 is 9.84 Å². The van der Waals surface area contributed by atoms with Crippen molar-refractivity contribution >= 4 is 46.8 Å². The Hall–Kier alpha value is -1.68. The van der Waals surface area contributed by atoms with Crippen LogP contribution in [0.25, 0.3) is 6.08 Å².